The highest BCUT2D eigenvalue weighted by Gasteiger charge is 2.37. The fourth-order valence-electron chi connectivity index (χ4n) is 2.08. The molecule has 0 heterocycles. The van der Waals surface area contributed by atoms with Crippen molar-refractivity contribution in [1.29, 1.82) is 0 Å². The van der Waals surface area contributed by atoms with Gasteiger partial charge in [0.05, 0.1) is 0 Å². The summed E-state index contributed by atoms with van der Waals surface area (Å²) in [6.07, 6.45) is 2.59. The summed E-state index contributed by atoms with van der Waals surface area (Å²) in [7, 11) is 0. The van der Waals surface area contributed by atoms with E-state index in [2.05, 4.69) is 49.5 Å². The van der Waals surface area contributed by atoms with E-state index in [4.69, 9.17) is 0 Å². The maximum Gasteiger partial charge on any atom is 0.00362 e. The summed E-state index contributed by atoms with van der Waals surface area (Å²) >= 11 is 0. The molecular formula is C14H21N. The molecule has 0 bridgehead atoms. The molecule has 0 radical (unpaired) electrons. The van der Waals surface area contributed by atoms with E-state index >= 15 is 0 Å². The van der Waals surface area contributed by atoms with E-state index in [0.717, 1.165) is 11.8 Å². The largest absolute Gasteiger partial charge is 0.314 e. The number of nitrogens with one attached hydrogen (secondary N) is 1. The van der Waals surface area contributed by atoms with Crippen molar-refractivity contribution in [2.24, 2.45) is 5.92 Å². The van der Waals surface area contributed by atoms with E-state index < -0.39 is 0 Å². The molecular weight excluding hydrogens is 182 g/mol. The van der Waals surface area contributed by atoms with E-state index in [1.165, 1.54) is 24.9 Å². The van der Waals surface area contributed by atoms with Crippen molar-refractivity contribution in [2.75, 3.05) is 6.54 Å². The molecule has 1 heteroatoms. The second-order valence-corrected chi connectivity index (χ2v) is 4.73. The van der Waals surface area contributed by atoms with Gasteiger partial charge in [-0.05, 0) is 43.7 Å². The van der Waals surface area contributed by atoms with Gasteiger partial charge in [-0.15, -0.1) is 0 Å². The molecule has 1 N–H and O–H groups in total. The third kappa shape index (κ3) is 2.82. The minimum atomic E-state index is 0.669. The zero-order chi connectivity index (χ0) is 10.7. The van der Waals surface area contributed by atoms with Crippen LogP contribution in [0.4, 0.5) is 0 Å². The minimum absolute atomic E-state index is 0.669. The van der Waals surface area contributed by atoms with Crippen LogP contribution in [0.2, 0.25) is 0 Å². The lowest BCUT2D eigenvalue weighted by atomic mass is 10.1. The Kier molecular flexibility index (Phi) is 3.42. The molecule has 82 valence electrons. The van der Waals surface area contributed by atoms with E-state index in [0.29, 0.717) is 6.04 Å². The second kappa shape index (κ2) is 4.80. The van der Waals surface area contributed by atoms with Gasteiger partial charge < -0.3 is 5.32 Å². The Hall–Kier alpha value is -0.820. The van der Waals surface area contributed by atoms with Crippen LogP contribution in [0.3, 0.4) is 0 Å². The quantitative estimate of drug-likeness (QED) is 0.775. The lowest BCUT2D eigenvalue weighted by molar-refractivity contribution is 0.512. The molecule has 1 aliphatic rings. The van der Waals surface area contributed by atoms with Gasteiger partial charge in [-0.2, -0.15) is 0 Å². The van der Waals surface area contributed by atoms with Crippen LogP contribution < -0.4 is 5.32 Å². The number of hydrogen-bond donors (Lipinski definition) is 1. The summed E-state index contributed by atoms with van der Waals surface area (Å²) in [5.41, 5.74) is 1.52. The summed E-state index contributed by atoms with van der Waals surface area (Å²) in [6.45, 7) is 5.69. The third-order valence-corrected chi connectivity index (χ3v) is 3.49. The van der Waals surface area contributed by atoms with Crippen molar-refractivity contribution in [3.05, 3.63) is 35.9 Å². The Morgan fingerprint density at radius 1 is 1.33 bits per heavy atom. The van der Waals surface area contributed by atoms with Crippen molar-refractivity contribution in [3.8, 4) is 0 Å². The summed E-state index contributed by atoms with van der Waals surface area (Å²) in [4.78, 5) is 0. The lowest BCUT2D eigenvalue weighted by Gasteiger charge is -2.10. The van der Waals surface area contributed by atoms with Crippen LogP contribution in [0.15, 0.2) is 30.3 Å². The van der Waals surface area contributed by atoms with E-state index in [1.54, 1.807) is 0 Å². The van der Waals surface area contributed by atoms with E-state index in [9.17, 15) is 0 Å². The van der Waals surface area contributed by atoms with Crippen LogP contribution in [-0.2, 0) is 0 Å². The molecule has 1 aromatic carbocycles. The molecule has 0 spiro atoms. The SMILES string of the molecule is CC[C@H](C)NC[C@@H]1C[C@H]1c1ccccc1. The molecule has 0 unspecified atom stereocenters. The average molecular weight is 203 g/mol. The van der Waals surface area contributed by atoms with Crippen LogP contribution in [0.5, 0.6) is 0 Å². The van der Waals surface area contributed by atoms with Gasteiger partial charge in [0.25, 0.3) is 0 Å². The maximum absolute atomic E-state index is 3.59. The maximum atomic E-state index is 3.59. The molecule has 0 amide bonds. The van der Waals surface area contributed by atoms with Crippen molar-refractivity contribution in [1.82, 2.24) is 5.32 Å². The van der Waals surface area contributed by atoms with Crippen LogP contribution in [0.25, 0.3) is 0 Å². The van der Waals surface area contributed by atoms with Crippen LogP contribution >= 0.6 is 0 Å². The van der Waals surface area contributed by atoms with Gasteiger partial charge in [0, 0.05) is 6.04 Å². The van der Waals surface area contributed by atoms with Gasteiger partial charge >= 0.3 is 0 Å². The Bertz CT molecular complexity index is 293. The topological polar surface area (TPSA) is 12.0 Å². The summed E-state index contributed by atoms with van der Waals surface area (Å²) in [5, 5.41) is 3.59. The van der Waals surface area contributed by atoms with Crippen LogP contribution in [0.1, 0.15) is 38.2 Å². The Labute approximate surface area is 92.9 Å². The molecule has 0 aliphatic heterocycles. The molecule has 2 rings (SSSR count). The monoisotopic (exact) mass is 203 g/mol. The van der Waals surface area contributed by atoms with E-state index in [-0.39, 0.29) is 0 Å². The Morgan fingerprint density at radius 2 is 2.07 bits per heavy atom. The van der Waals surface area contributed by atoms with E-state index in [1.807, 2.05) is 0 Å². The third-order valence-electron chi connectivity index (χ3n) is 3.49. The zero-order valence-electron chi connectivity index (χ0n) is 9.74. The Morgan fingerprint density at radius 3 is 2.73 bits per heavy atom. The lowest BCUT2D eigenvalue weighted by Crippen LogP contribution is -2.27. The highest BCUT2D eigenvalue weighted by atomic mass is 14.9. The zero-order valence-corrected chi connectivity index (χ0v) is 9.74. The van der Waals surface area contributed by atoms with Crippen molar-refractivity contribution in [2.45, 2.75) is 38.6 Å². The van der Waals surface area contributed by atoms with Gasteiger partial charge in [0.15, 0.2) is 0 Å². The second-order valence-electron chi connectivity index (χ2n) is 4.73. The molecule has 1 saturated carbocycles. The summed E-state index contributed by atoms with van der Waals surface area (Å²) in [6, 6.07) is 11.6. The first-order valence-corrected chi connectivity index (χ1v) is 6.09. The van der Waals surface area contributed by atoms with Crippen molar-refractivity contribution in [3.63, 3.8) is 0 Å². The molecule has 1 nitrogen and oxygen atoms in total. The molecule has 0 aromatic heterocycles. The summed E-state index contributed by atoms with van der Waals surface area (Å²) < 4.78 is 0. The smallest absolute Gasteiger partial charge is 0.00362 e. The highest BCUT2D eigenvalue weighted by Crippen LogP contribution is 2.46. The van der Waals surface area contributed by atoms with Crippen molar-refractivity contribution >= 4 is 0 Å². The van der Waals surface area contributed by atoms with Crippen molar-refractivity contribution < 1.29 is 0 Å². The van der Waals surface area contributed by atoms with Crippen LogP contribution in [-0.4, -0.2) is 12.6 Å². The molecule has 15 heavy (non-hydrogen) atoms. The first-order chi connectivity index (χ1) is 7.31. The number of hydrogen-bond acceptors (Lipinski definition) is 1. The first kappa shape index (κ1) is 10.7. The van der Waals surface area contributed by atoms with Gasteiger partial charge in [-0.1, -0.05) is 37.3 Å². The summed E-state index contributed by atoms with van der Waals surface area (Å²) in [5.74, 6) is 1.70. The van der Waals surface area contributed by atoms with Gasteiger partial charge in [-0.25, -0.2) is 0 Å². The predicted molar refractivity (Wildman–Crippen MR) is 65.0 cm³/mol. The minimum Gasteiger partial charge on any atom is -0.314 e. The number of benzene rings is 1. The fourth-order valence-corrected chi connectivity index (χ4v) is 2.08. The van der Waals surface area contributed by atoms with Gasteiger partial charge in [0.1, 0.15) is 0 Å². The van der Waals surface area contributed by atoms with Crippen LogP contribution in [0, 0.1) is 5.92 Å². The molecule has 1 aliphatic carbocycles. The van der Waals surface area contributed by atoms with Gasteiger partial charge in [0.2, 0.25) is 0 Å². The predicted octanol–water partition coefficient (Wildman–Crippen LogP) is 3.18. The first-order valence-electron chi connectivity index (χ1n) is 6.09. The normalized spacial score (nSPS) is 26.3. The number of rotatable bonds is 5. The molecule has 1 aromatic rings. The Balaban J connectivity index is 1.77. The average Bonchev–Trinajstić information content (AvgIpc) is 3.06. The molecule has 1 fully saturated rings. The molecule has 0 saturated heterocycles. The highest BCUT2D eigenvalue weighted by molar-refractivity contribution is 5.25. The standard InChI is InChI=1S/C14H21N/c1-3-11(2)15-10-13-9-14(13)12-7-5-4-6-8-12/h4-8,11,13-15H,3,9-10H2,1-2H3/t11-,13-,14-/m0/s1. The fraction of sp³-hybridized carbons (Fsp3) is 0.571. The molecule has 3 atom stereocenters. The van der Waals surface area contributed by atoms with Gasteiger partial charge in [-0.3, -0.25) is 0 Å².